The van der Waals surface area contributed by atoms with Crippen molar-refractivity contribution in [2.75, 3.05) is 7.11 Å². The Labute approximate surface area is 104 Å². The lowest BCUT2D eigenvalue weighted by Crippen LogP contribution is -1.97. The standard InChI is InChI=1S/C14H12FNO2/c1-9(17)13-4-3-10(6-14(13)15)11-5-12(18-2)8-16-7-11/h3-8H,1-2H3. The van der Waals surface area contributed by atoms with E-state index >= 15 is 0 Å². The van der Waals surface area contributed by atoms with Gasteiger partial charge in [0.15, 0.2) is 5.78 Å². The highest BCUT2D eigenvalue weighted by molar-refractivity contribution is 5.94. The maximum absolute atomic E-state index is 13.7. The smallest absolute Gasteiger partial charge is 0.162 e. The minimum Gasteiger partial charge on any atom is -0.495 e. The number of hydrogen-bond acceptors (Lipinski definition) is 3. The third-order valence-electron chi connectivity index (χ3n) is 2.63. The topological polar surface area (TPSA) is 39.2 Å². The lowest BCUT2D eigenvalue weighted by molar-refractivity contribution is 0.101. The lowest BCUT2D eigenvalue weighted by Gasteiger charge is -2.05. The Bertz CT molecular complexity index is 596. The predicted octanol–water partition coefficient (Wildman–Crippen LogP) is 3.10. The normalized spacial score (nSPS) is 10.2. The van der Waals surface area contributed by atoms with Gasteiger partial charge in [0.05, 0.1) is 18.9 Å². The fourth-order valence-electron chi connectivity index (χ4n) is 1.67. The van der Waals surface area contributed by atoms with Crippen molar-refractivity contribution in [1.29, 1.82) is 0 Å². The number of rotatable bonds is 3. The number of methoxy groups -OCH3 is 1. The van der Waals surface area contributed by atoms with E-state index in [0.29, 0.717) is 11.3 Å². The Balaban J connectivity index is 2.45. The van der Waals surface area contributed by atoms with Crippen LogP contribution in [0.4, 0.5) is 4.39 Å². The first kappa shape index (κ1) is 12.2. The Kier molecular flexibility index (Phi) is 3.37. The van der Waals surface area contributed by atoms with Crippen LogP contribution in [0.2, 0.25) is 0 Å². The lowest BCUT2D eigenvalue weighted by atomic mass is 10.0. The summed E-state index contributed by atoms with van der Waals surface area (Å²) in [6, 6.07) is 6.26. The summed E-state index contributed by atoms with van der Waals surface area (Å²) in [5.41, 5.74) is 1.49. The fraction of sp³-hybridized carbons (Fsp3) is 0.143. The van der Waals surface area contributed by atoms with Crippen LogP contribution in [0.25, 0.3) is 11.1 Å². The molecule has 0 bridgehead atoms. The molecule has 0 saturated heterocycles. The molecule has 18 heavy (non-hydrogen) atoms. The van der Waals surface area contributed by atoms with Crippen molar-refractivity contribution in [3.8, 4) is 16.9 Å². The second kappa shape index (κ2) is 4.96. The summed E-state index contributed by atoms with van der Waals surface area (Å²) < 4.78 is 18.8. The molecule has 92 valence electrons. The first-order valence-corrected chi connectivity index (χ1v) is 5.41. The molecule has 2 aromatic rings. The van der Waals surface area contributed by atoms with Gasteiger partial charge in [-0.1, -0.05) is 6.07 Å². The van der Waals surface area contributed by atoms with Gasteiger partial charge in [-0.3, -0.25) is 9.78 Å². The summed E-state index contributed by atoms with van der Waals surface area (Å²) in [5.74, 6) is -0.214. The molecule has 1 aromatic carbocycles. The Morgan fingerprint density at radius 3 is 2.61 bits per heavy atom. The zero-order valence-corrected chi connectivity index (χ0v) is 10.1. The summed E-state index contributed by atoms with van der Waals surface area (Å²) in [6.07, 6.45) is 3.19. The maximum atomic E-state index is 13.7. The van der Waals surface area contributed by atoms with E-state index < -0.39 is 5.82 Å². The Morgan fingerprint density at radius 1 is 1.22 bits per heavy atom. The van der Waals surface area contributed by atoms with E-state index in [1.54, 1.807) is 31.6 Å². The van der Waals surface area contributed by atoms with Gasteiger partial charge in [-0.25, -0.2) is 4.39 Å². The van der Waals surface area contributed by atoms with Gasteiger partial charge in [0.2, 0.25) is 0 Å². The number of hydrogen-bond donors (Lipinski definition) is 0. The molecule has 0 aliphatic heterocycles. The number of benzene rings is 1. The molecule has 0 aliphatic rings. The third-order valence-corrected chi connectivity index (χ3v) is 2.63. The molecule has 0 unspecified atom stereocenters. The van der Waals surface area contributed by atoms with Crippen molar-refractivity contribution in [2.45, 2.75) is 6.92 Å². The van der Waals surface area contributed by atoms with Crippen LogP contribution in [0, 0.1) is 5.82 Å². The van der Waals surface area contributed by atoms with E-state index in [-0.39, 0.29) is 11.3 Å². The highest BCUT2D eigenvalue weighted by Crippen LogP contribution is 2.24. The molecule has 0 N–H and O–H groups in total. The van der Waals surface area contributed by atoms with Crippen molar-refractivity contribution < 1.29 is 13.9 Å². The minimum atomic E-state index is -0.525. The SMILES string of the molecule is COc1cncc(-c2ccc(C(C)=O)c(F)c2)c1. The molecule has 1 aromatic heterocycles. The van der Waals surface area contributed by atoms with E-state index in [1.807, 2.05) is 0 Å². The number of halogens is 1. The van der Waals surface area contributed by atoms with Gasteiger partial charge in [0, 0.05) is 11.8 Å². The van der Waals surface area contributed by atoms with Crippen LogP contribution in [0.5, 0.6) is 5.75 Å². The van der Waals surface area contributed by atoms with Crippen LogP contribution < -0.4 is 4.74 Å². The number of ether oxygens (including phenoxy) is 1. The van der Waals surface area contributed by atoms with E-state index in [0.717, 1.165) is 5.56 Å². The third kappa shape index (κ3) is 2.37. The van der Waals surface area contributed by atoms with Crippen LogP contribution >= 0.6 is 0 Å². The molecule has 0 aliphatic carbocycles. The number of ketones is 1. The van der Waals surface area contributed by atoms with Crippen LogP contribution in [-0.2, 0) is 0 Å². The van der Waals surface area contributed by atoms with Gasteiger partial charge >= 0.3 is 0 Å². The summed E-state index contributed by atoms with van der Waals surface area (Å²) >= 11 is 0. The van der Waals surface area contributed by atoms with Crippen molar-refractivity contribution >= 4 is 5.78 Å². The van der Waals surface area contributed by atoms with E-state index in [4.69, 9.17) is 4.74 Å². The number of aromatic nitrogens is 1. The highest BCUT2D eigenvalue weighted by Gasteiger charge is 2.09. The van der Waals surface area contributed by atoms with E-state index in [1.165, 1.54) is 19.1 Å². The molecular formula is C14H12FNO2. The second-order valence-electron chi connectivity index (χ2n) is 3.86. The molecule has 4 heteroatoms. The first-order chi connectivity index (χ1) is 8.61. The average molecular weight is 245 g/mol. The number of carbonyl (C=O) groups excluding carboxylic acids is 1. The largest absolute Gasteiger partial charge is 0.495 e. The number of pyridine rings is 1. The molecule has 0 radical (unpaired) electrons. The molecule has 0 spiro atoms. The van der Waals surface area contributed by atoms with Crippen molar-refractivity contribution in [2.24, 2.45) is 0 Å². The van der Waals surface area contributed by atoms with Crippen LogP contribution in [0.3, 0.4) is 0 Å². The average Bonchev–Trinajstić information content (AvgIpc) is 2.38. The molecule has 2 rings (SSSR count). The van der Waals surface area contributed by atoms with Crippen molar-refractivity contribution in [3.63, 3.8) is 0 Å². The molecule has 1 heterocycles. The number of nitrogens with zero attached hydrogens (tertiary/aromatic N) is 1. The zero-order valence-electron chi connectivity index (χ0n) is 10.1. The van der Waals surface area contributed by atoms with Gasteiger partial charge < -0.3 is 4.74 Å². The molecule has 0 fully saturated rings. The summed E-state index contributed by atoms with van der Waals surface area (Å²) in [5, 5.41) is 0. The Morgan fingerprint density at radius 2 is 2.00 bits per heavy atom. The molecule has 3 nitrogen and oxygen atoms in total. The predicted molar refractivity (Wildman–Crippen MR) is 66.2 cm³/mol. The fourth-order valence-corrected chi connectivity index (χ4v) is 1.67. The number of carbonyl (C=O) groups is 1. The van der Waals surface area contributed by atoms with E-state index in [9.17, 15) is 9.18 Å². The van der Waals surface area contributed by atoms with Gasteiger partial charge in [0.1, 0.15) is 11.6 Å². The van der Waals surface area contributed by atoms with Gasteiger partial charge in [-0.15, -0.1) is 0 Å². The monoisotopic (exact) mass is 245 g/mol. The Hall–Kier alpha value is -2.23. The zero-order chi connectivity index (χ0) is 13.1. The summed E-state index contributed by atoms with van der Waals surface area (Å²) in [4.78, 5) is 15.1. The minimum absolute atomic E-state index is 0.0922. The molecular weight excluding hydrogens is 233 g/mol. The highest BCUT2D eigenvalue weighted by atomic mass is 19.1. The van der Waals surface area contributed by atoms with E-state index in [2.05, 4.69) is 4.98 Å². The van der Waals surface area contributed by atoms with Crippen molar-refractivity contribution in [1.82, 2.24) is 4.98 Å². The second-order valence-corrected chi connectivity index (χ2v) is 3.86. The number of Topliss-reactive ketones (excluding diaryl/α,β-unsaturated/α-hetero) is 1. The van der Waals surface area contributed by atoms with Gasteiger partial charge in [-0.05, 0) is 30.7 Å². The molecule has 0 saturated carbocycles. The van der Waals surface area contributed by atoms with Crippen LogP contribution in [0.1, 0.15) is 17.3 Å². The van der Waals surface area contributed by atoms with Gasteiger partial charge in [-0.2, -0.15) is 0 Å². The van der Waals surface area contributed by atoms with Crippen molar-refractivity contribution in [3.05, 3.63) is 48.0 Å². The maximum Gasteiger partial charge on any atom is 0.162 e. The quantitative estimate of drug-likeness (QED) is 0.780. The first-order valence-electron chi connectivity index (χ1n) is 5.41. The van der Waals surface area contributed by atoms with Crippen LogP contribution in [-0.4, -0.2) is 17.9 Å². The van der Waals surface area contributed by atoms with Crippen LogP contribution in [0.15, 0.2) is 36.7 Å². The van der Waals surface area contributed by atoms with Gasteiger partial charge in [0.25, 0.3) is 0 Å². The molecule has 0 amide bonds. The molecule has 0 atom stereocenters. The summed E-state index contributed by atoms with van der Waals surface area (Å²) in [6.45, 7) is 1.34. The summed E-state index contributed by atoms with van der Waals surface area (Å²) in [7, 11) is 1.54.